The molecule has 0 unspecified atom stereocenters. The number of H-pyrrole nitrogens is 1. The molecule has 1 atom stereocenters. The van der Waals surface area contributed by atoms with Crippen LogP contribution >= 0.6 is 0 Å². The molecule has 0 bridgehead atoms. The Labute approximate surface area is 146 Å². The summed E-state index contributed by atoms with van der Waals surface area (Å²) in [6, 6.07) is 9.77. The van der Waals surface area contributed by atoms with Crippen LogP contribution in [0.25, 0.3) is 0 Å². The van der Waals surface area contributed by atoms with Gasteiger partial charge in [-0.25, -0.2) is 0 Å². The number of pyridine rings is 1. The highest BCUT2D eigenvalue weighted by atomic mass is 16.2. The van der Waals surface area contributed by atoms with Gasteiger partial charge in [0.15, 0.2) is 0 Å². The second-order valence-electron chi connectivity index (χ2n) is 6.34. The molecule has 0 saturated heterocycles. The number of fused-ring (bicyclic) bond motifs is 1. The molecule has 3 aromatic heterocycles. The van der Waals surface area contributed by atoms with Crippen molar-refractivity contribution in [2.75, 3.05) is 6.54 Å². The summed E-state index contributed by atoms with van der Waals surface area (Å²) in [5, 5.41) is 7.22. The number of nitrogens with zero attached hydrogens (tertiary/aromatic N) is 4. The molecule has 0 aliphatic carbocycles. The number of carbonyl (C=O) groups is 1. The fourth-order valence-electron chi connectivity index (χ4n) is 3.51. The maximum Gasteiger partial charge on any atom is 0.275 e. The zero-order valence-electron chi connectivity index (χ0n) is 14.2. The van der Waals surface area contributed by atoms with E-state index in [-0.39, 0.29) is 11.9 Å². The van der Waals surface area contributed by atoms with Crippen molar-refractivity contribution in [3.8, 4) is 0 Å². The van der Waals surface area contributed by atoms with Gasteiger partial charge in [-0.05, 0) is 36.2 Å². The van der Waals surface area contributed by atoms with Crippen molar-refractivity contribution < 1.29 is 4.79 Å². The molecule has 0 fully saturated rings. The maximum atomic E-state index is 13.1. The number of aromatic amines is 1. The minimum atomic E-state index is -0.142. The minimum absolute atomic E-state index is 0.0418. The average molecular weight is 335 g/mol. The van der Waals surface area contributed by atoms with E-state index in [0.717, 1.165) is 36.3 Å². The molecule has 0 radical (unpaired) electrons. The van der Waals surface area contributed by atoms with Gasteiger partial charge in [0.05, 0.1) is 6.04 Å². The Balaban J connectivity index is 1.70. The number of hydrogen-bond donors (Lipinski definition) is 1. The maximum absolute atomic E-state index is 13.1. The highest BCUT2D eigenvalue weighted by molar-refractivity contribution is 5.93. The van der Waals surface area contributed by atoms with Crippen LogP contribution in [0.5, 0.6) is 0 Å². The largest absolute Gasteiger partial charge is 0.348 e. The molecule has 1 aliphatic rings. The standard InChI is InChI=1S/C19H21N5O/c1-2-5-15-12-16(22-21-15)19(25)24-11-10-23-9-4-7-17(23)18(24)14-6-3-8-20-13-14/h3-4,6-9,12-13,18H,2,5,10-11H2,1H3,(H,21,22)/t18-/m1/s1. The molecule has 1 amide bonds. The molecule has 1 aliphatic heterocycles. The lowest BCUT2D eigenvalue weighted by molar-refractivity contribution is 0.0657. The van der Waals surface area contributed by atoms with Crippen molar-refractivity contribution in [2.45, 2.75) is 32.4 Å². The summed E-state index contributed by atoms with van der Waals surface area (Å²) in [4.78, 5) is 19.3. The van der Waals surface area contributed by atoms with Crippen molar-refractivity contribution in [3.05, 3.63) is 71.6 Å². The molecule has 0 aromatic carbocycles. The smallest absolute Gasteiger partial charge is 0.275 e. The molecule has 4 heterocycles. The van der Waals surface area contributed by atoms with Crippen LogP contribution in [0.2, 0.25) is 0 Å². The fraction of sp³-hybridized carbons (Fsp3) is 0.316. The number of nitrogens with one attached hydrogen (secondary N) is 1. The summed E-state index contributed by atoms with van der Waals surface area (Å²) < 4.78 is 2.20. The lowest BCUT2D eigenvalue weighted by Gasteiger charge is -2.36. The lowest BCUT2D eigenvalue weighted by Crippen LogP contribution is -2.42. The highest BCUT2D eigenvalue weighted by Crippen LogP contribution is 2.32. The van der Waals surface area contributed by atoms with Crippen molar-refractivity contribution in [1.29, 1.82) is 0 Å². The average Bonchev–Trinajstić information content (AvgIpc) is 3.30. The zero-order chi connectivity index (χ0) is 17.2. The van der Waals surface area contributed by atoms with Gasteiger partial charge in [-0.2, -0.15) is 5.10 Å². The van der Waals surface area contributed by atoms with Crippen LogP contribution in [0.4, 0.5) is 0 Å². The van der Waals surface area contributed by atoms with Crippen molar-refractivity contribution in [3.63, 3.8) is 0 Å². The predicted molar refractivity (Wildman–Crippen MR) is 94.1 cm³/mol. The third kappa shape index (κ3) is 2.84. The molecule has 4 rings (SSSR count). The zero-order valence-corrected chi connectivity index (χ0v) is 14.2. The normalized spacial score (nSPS) is 16.7. The third-order valence-electron chi connectivity index (χ3n) is 4.67. The Morgan fingerprint density at radius 1 is 1.32 bits per heavy atom. The molecule has 0 saturated carbocycles. The summed E-state index contributed by atoms with van der Waals surface area (Å²) in [6.07, 6.45) is 7.57. The van der Waals surface area contributed by atoms with Gasteiger partial charge in [-0.15, -0.1) is 0 Å². The number of hydrogen-bond acceptors (Lipinski definition) is 3. The number of carbonyl (C=O) groups excluding carboxylic acids is 1. The Kier molecular flexibility index (Phi) is 4.09. The van der Waals surface area contributed by atoms with E-state index < -0.39 is 0 Å². The Hall–Kier alpha value is -2.89. The molecule has 25 heavy (non-hydrogen) atoms. The van der Waals surface area contributed by atoms with E-state index in [9.17, 15) is 4.79 Å². The first-order valence-corrected chi connectivity index (χ1v) is 8.68. The van der Waals surface area contributed by atoms with Crippen LogP contribution in [0, 0.1) is 0 Å². The van der Waals surface area contributed by atoms with E-state index in [1.807, 2.05) is 35.4 Å². The van der Waals surface area contributed by atoms with Gasteiger partial charge in [0.2, 0.25) is 0 Å². The van der Waals surface area contributed by atoms with Gasteiger partial charge in [-0.1, -0.05) is 19.4 Å². The number of aromatic nitrogens is 4. The van der Waals surface area contributed by atoms with Gasteiger partial charge >= 0.3 is 0 Å². The molecule has 1 N–H and O–H groups in total. The number of aryl methyl sites for hydroxylation is 1. The molecule has 6 heteroatoms. The fourth-order valence-corrected chi connectivity index (χ4v) is 3.51. The quantitative estimate of drug-likeness (QED) is 0.797. The minimum Gasteiger partial charge on any atom is -0.348 e. The van der Waals surface area contributed by atoms with Crippen LogP contribution < -0.4 is 0 Å². The second-order valence-corrected chi connectivity index (χ2v) is 6.34. The Morgan fingerprint density at radius 3 is 3.04 bits per heavy atom. The molecule has 0 spiro atoms. The molecule has 128 valence electrons. The van der Waals surface area contributed by atoms with Crippen molar-refractivity contribution >= 4 is 5.91 Å². The van der Waals surface area contributed by atoms with Crippen molar-refractivity contribution in [1.82, 2.24) is 24.6 Å². The van der Waals surface area contributed by atoms with E-state index in [1.54, 1.807) is 6.20 Å². The van der Waals surface area contributed by atoms with Crippen LogP contribution in [0.3, 0.4) is 0 Å². The lowest BCUT2D eigenvalue weighted by atomic mass is 10.0. The molecular weight excluding hydrogens is 314 g/mol. The van der Waals surface area contributed by atoms with Crippen LogP contribution in [-0.2, 0) is 13.0 Å². The Morgan fingerprint density at radius 2 is 2.24 bits per heavy atom. The molecular formula is C19H21N5O. The van der Waals surface area contributed by atoms with E-state index in [1.165, 1.54) is 0 Å². The second kappa shape index (κ2) is 6.55. The van der Waals surface area contributed by atoms with Gasteiger partial charge in [0.1, 0.15) is 5.69 Å². The SMILES string of the molecule is CCCc1cc(C(=O)N2CCn3cccc3[C@H]2c2cccnc2)n[nH]1. The predicted octanol–water partition coefficient (Wildman–Crippen LogP) is 2.80. The van der Waals surface area contributed by atoms with E-state index in [2.05, 4.69) is 38.9 Å². The highest BCUT2D eigenvalue weighted by Gasteiger charge is 2.33. The third-order valence-corrected chi connectivity index (χ3v) is 4.67. The first-order valence-electron chi connectivity index (χ1n) is 8.68. The van der Waals surface area contributed by atoms with E-state index >= 15 is 0 Å². The van der Waals surface area contributed by atoms with Crippen LogP contribution in [0.15, 0.2) is 48.9 Å². The van der Waals surface area contributed by atoms with Gasteiger partial charge in [-0.3, -0.25) is 14.9 Å². The summed E-state index contributed by atoms with van der Waals surface area (Å²) in [5.41, 5.74) is 3.61. The number of rotatable bonds is 4. The number of amides is 1. The summed E-state index contributed by atoms with van der Waals surface area (Å²) in [6.45, 7) is 3.55. The van der Waals surface area contributed by atoms with Crippen molar-refractivity contribution in [2.24, 2.45) is 0 Å². The van der Waals surface area contributed by atoms with Crippen LogP contribution in [-0.4, -0.2) is 37.1 Å². The topological polar surface area (TPSA) is 66.8 Å². The first-order chi connectivity index (χ1) is 12.3. The van der Waals surface area contributed by atoms with Crippen LogP contribution in [0.1, 0.15) is 46.8 Å². The monoisotopic (exact) mass is 335 g/mol. The van der Waals surface area contributed by atoms with Gasteiger partial charge in [0.25, 0.3) is 5.91 Å². The van der Waals surface area contributed by atoms with E-state index in [4.69, 9.17) is 0 Å². The summed E-state index contributed by atoms with van der Waals surface area (Å²) >= 11 is 0. The van der Waals surface area contributed by atoms with Gasteiger partial charge < -0.3 is 9.47 Å². The first kappa shape index (κ1) is 15.6. The van der Waals surface area contributed by atoms with Gasteiger partial charge in [0, 0.05) is 43.1 Å². The molecule has 6 nitrogen and oxygen atoms in total. The molecule has 3 aromatic rings. The Bertz CT molecular complexity index is 867. The van der Waals surface area contributed by atoms with E-state index in [0.29, 0.717) is 12.2 Å². The summed E-state index contributed by atoms with van der Waals surface area (Å²) in [5.74, 6) is -0.0418. The summed E-state index contributed by atoms with van der Waals surface area (Å²) in [7, 11) is 0.